The van der Waals surface area contributed by atoms with Crippen LogP contribution in [0.25, 0.3) is 10.9 Å². The summed E-state index contributed by atoms with van der Waals surface area (Å²) >= 11 is 4.07. The van der Waals surface area contributed by atoms with Gasteiger partial charge in [0, 0.05) is 22.9 Å². The van der Waals surface area contributed by atoms with Crippen molar-refractivity contribution in [3.63, 3.8) is 0 Å². The summed E-state index contributed by atoms with van der Waals surface area (Å²) in [6, 6.07) is 2.88. The largest absolute Gasteiger partial charge is 0.480 e. The van der Waals surface area contributed by atoms with Gasteiger partial charge in [-0.2, -0.15) is 12.6 Å². The molecular formula is C24H34N6O6S. The fourth-order valence-electron chi connectivity index (χ4n) is 3.75. The highest BCUT2D eigenvalue weighted by Crippen LogP contribution is 2.19. The molecule has 0 aliphatic carbocycles. The molecule has 0 radical (unpaired) electrons. The lowest BCUT2D eigenvalue weighted by Gasteiger charge is -2.25. The molecule has 2 rings (SSSR count). The standard InChI is InChI=1S/C24H34N6O6S/c1-12(2)7-17(22(33)30-19(11-37)23(34)29-18(24(35)36)9-20(26)31)28-21(32)15(25)8-13-10-27-16-6-4-3-5-14(13)16/h3-6,10,12,15,17-19,27,37H,7-9,11,25H2,1-2H3,(H2,26,31)(H,28,32)(H,29,34)(H,30,33)(H,35,36). The Kier molecular flexibility index (Phi) is 10.9. The minimum Gasteiger partial charge on any atom is -0.480 e. The number of carbonyl (C=O) groups excluding carboxylic acids is 4. The third-order valence-electron chi connectivity index (χ3n) is 5.63. The molecule has 202 valence electrons. The number of fused-ring (bicyclic) bond motifs is 1. The van der Waals surface area contributed by atoms with Crippen LogP contribution >= 0.6 is 12.6 Å². The second-order valence-electron chi connectivity index (χ2n) is 9.17. The van der Waals surface area contributed by atoms with Crippen LogP contribution in [0.5, 0.6) is 0 Å². The number of aliphatic carboxylic acids is 1. The topological polar surface area (TPSA) is 209 Å². The number of benzene rings is 1. The van der Waals surface area contributed by atoms with E-state index in [0.29, 0.717) is 0 Å². The summed E-state index contributed by atoms with van der Waals surface area (Å²) < 4.78 is 0. The van der Waals surface area contributed by atoms with Crippen LogP contribution in [-0.4, -0.2) is 69.6 Å². The molecule has 13 heteroatoms. The summed E-state index contributed by atoms with van der Waals surface area (Å²) in [7, 11) is 0. The van der Waals surface area contributed by atoms with Crippen molar-refractivity contribution in [1.82, 2.24) is 20.9 Å². The van der Waals surface area contributed by atoms with Crippen LogP contribution in [0.2, 0.25) is 0 Å². The molecule has 2 aromatic rings. The Bertz CT molecular complexity index is 1140. The fraction of sp³-hybridized carbons (Fsp3) is 0.458. The highest BCUT2D eigenvalue weighted by Gasteiger charge is 2.30. The predicted octanol–water partition coefficient (Wildman–Crippen LogP) is -0.572. The van der Waals surface area contributed by atoms with Crippen molar-refractivity contribution in [2.75, 3.05) is 5.75 Å². The van der Waals surface area contributed by atoms with Gasteiger partial charge in [0.1, 0.15) is 18.1 Å². The van der Waals surface area contributed by atoms with Crippen LogP contribution in [0.4, 0.5) is 0 Å². The second-order valence-corrected chi connectivity index (χ2v) is 9.54. The zero-order valence-corrected chi connectivity index (χ0v) is 21.6. The maximum atomic E-state index is 13.0. The normalized spacial score (nSPS) is 14.4. The maximum absolute atomic E-state index is 13.0. The van der Waals surface area contributed by atoms with Gasteiger partial charge in [0.05, 0.1) is 12.5 Å². The lowest BCUT2D eigenvalue weighted by molar-refractivity contribution is -0.143. The van der Waals surface area contributed by atoms with Crippen molar-refractivity contribution >= 4 is 53.1 Å². The number of H-pyrrole nitrogens is 1. The highest BCUT2D eigenvalue weighted by molar-refractivity contribution is 7.80. The first-order valence-corrected chi connectivity index (χ1v) is 12.4. The predicted molar refractivity (Wildman–Crippen MR) is 141 cm³/mol. The molecule has 0 spiro atoms. The van der Waals surface area contributed by atoms with Crippen LogP contribution in [0, 0.1) is 5.92 Å². The number of hydrogen-bond donors (Lipinski definition) is 8. The summed E-state index contributed by atoms with van der Waals surface area (Å²) in [5, 5.41) is 17.5. The van der Waals surface area contributed by atoms with Gasteiger partial charge in [-0.1, -0.05) is 32.0 Å². The van der Waals surface area contributed by atoms with Gasteiger partial charge < -0.3 is 37.5 Å². The third kappa shape index (κ3) is 8.79. The van der Waals surface area contributed by atoms with Crippen LogP contribution in [-0.2, 0) is 30.4 Å². The number of aromatic amines is 1. The summed E-state index contributed by atoms with van der Waals surface area (Å²) in [6.07, 6.45) is 1.67. The molecule has 0 saturated heterocycles. The molecule has 12 nitrogen and oxygen atoms in total. The molecule has 37 heavy (non-hydrogen) atoms. The van der Waals surface area contributed by atoms with Crippen LogP contribution < -0.4 is 27.4 Å². The summed E-state index contributed by atoms with van der Waals surface area (Å²) in [4.78, 5) is 64.0. The molecule has 9 N–H and O–H groups in total. The van der Waals surface area contributed by atoms with Gasteiger partial charge >= 0.3 is 5.97 Å². The average molecular weight is 535 g/mol. The molecule has 0 aliphatic heterocycles. The van der Waals surface area contributed by atoms with Crippen LogP contribution in [0.15, 0.2) is 30.5 Å². The number of amides is 4. The van der Waals surface area contributed by atoms with Gasteiger partial charge in [-0.15, -0.1) is 0 Å². The number of para-hydroxylation sites is 1. The van der Waals surface area contributed by atoms with Crippen molar-refractivity contribution in [2.45, 2.75) is 57.3 Å². The Morgan fingerprint density at radius 1 is 0.973 bits per heavy atom. The van der Waals surface area contributed by atoms with E-state index in [9.17, 15) is 29.1 Å². The number of primary amides is 1. The molecule has 1 aromatic heterocycles. The minimum absolute atomic E-state index is 0.0103. The van der Waals surface area contributed by atoms with E-state index >= 15 is 0 Å². The Morgan fingerprint density at radius 3 is 2.16 bits per heavy atom. The van der Waals surface area contributed by atoms with Gasteiger partial charge in [-0.05, 0) is 30.4 Å². The van der Waals surface area contributed by atoms with Gasteiger partial charge in [-0.3, -0.25) is 19.2 Å². The van der Waals surface area contributed by atoms with E-state index in [4.69, 9.17) is 11.5 Å². The summed E-state index contributed by atoms with van der Waals surface area (Å²) in [5.41, 5.74) is 13.0. The lowest BCUT2D eigenvalue weighted by Crippen LogP contribution is -2.58. The number of carboxylic acids is 1. The van der Waals surface area contributed by atoms with Gasteiger partial charge in [0.15, 0.2) is 0 Å². The Balaban J connectivity index is 2.06. The first-order chi connectivity index (χ1) is 17.4. The number of nitrogens with one attached hydrogen (secondary N) is 4. The van der Waals surface area contributed by atoms with Crippen molar-refractivity contribution in [2.24, 2.45) is 17.4 Å². The van der Waals surface area contributed by atoms with E-state index in [2.05, 4.69) is 33.6 Å². The molecule has 0 saturated carbocycles. The number of hydrogen-bond acceptors (Lipinski definition) is 7. The van der Waals surface area contributed by atoms with E-state index in [1.807, 2.05) is 38.1 Å². The first-order valence-electron chi connectivity index (χ1n) is 11.8. The number of aromatic nitrogens is 1. The number of rotatable bonds is 14. The first kappa shape index (κ1) is 29.6. The number of carboxylic acid groups (broad SMARTS) is 1. The molecule has 0 bridgehead atoms. The quantitative estimate of drug-likeness (QED) is 0.148. The van der Waals surface area contributed by atoms with E-state index in [0.717, 1.165) is 16.5 Å². The monoisotopic (exact) mass is 534 g/mol. The lowest BCUT2D eigenvalue weighted by atomic mass is 10.0. The third-order valence-corrected chi connectivity index (χ3v) is 5.99. The number of carbonyl (C=O) groups is 5. The molecular weight excluding hydrogens is 500 g/mol. The Hall–Kier alpha value is -3.58. The summed E-state index contributed by atoms with van der Waals surface area (Å²) in [6.45, 7) is 3.73. The number of thiol groups is 1. The van der Waals surface area contributed by atoms with E-state index < -0.39 is 60.2 Å². The molecule has 1 aromatic carbocycles. The van der Waals surface area contributed by atoms with Gasteiger partial charge in [-0.25, -0.2) is 4.79 Å². The smallest absolute Gasteiger partial charge is 0.326 e. The van der Waals surface area contributed by atoms with Gasteiger partial charge in [0.2, 0.25) is 23.6 Å². The van der Waals surface area contributed by atoms with Crippen molar-refractivity contribution in [3.8, 4) is 0 Å². The second kappa shape index (κ2) is 13.7. The fourth-order valence-corrected chi connectivity index (χ4v) is 4.01. The van der Waals surface area contributed by atoms with E-state index in [1.54, 1.807) is 6.20 Å². The zero-order chi connectivity index (χ0) is 27.7. The van der Waals surface area contributed by atoms with E-state index in [1.165, 1.54) is 0 Å². The molecule has 1 heterocycles. The van der Waals surface area contributed by atoms with Gasteiger partial charge in [0.25, 0.3) is 0 Å². The molecule has 0 aliphatic rings. The number of nitrogens with two attached hydrogens (primary N) is 2. The van der Waals surface area contributed by atoms with Crippen molar-refractivity contribution in [3.05, 3.63) is 36.0 Å². The van der Waals surface area contributed by atoms with Crippen molar-refractivity contribution in [1.29, 1.82) is 0 Å². The summed E-state index contributed by atoms with van der Waals surface area (Å²) in [5.74, 6) is -4.57. The SMILES string of the molecule is CC(C)CC(NC(=O)C(N)Cc1c[nH]c2ccccc12)C(=O)NC(CS)C(=O)NC(CC(N)=O)C(=O)O. The molecule has 4 unspecified atom stereocenters. The maximum Gasteiger partial charge on any atom is 0.326 e. The molecule has 4 atom stereocenters. The Labute approximate surface area is 219 Å². The van der Waals surface area contributed by atoms with E-state index in [-0.39, 0.29) is 24.5 Å². The molecule has 0 fully saturated rings. The van der Waals surface area contributed by atoms with Crippen molar-refractivity contribution < 1.29 is 29.1 Å². The van der Waals surface area contributed by atoms with Crippen LogP contribution in [0.3, 0.4) is 0 Å². The Morgan fingerprint density at radius 2 is 1.57 bits per heavy atom. The highest BCUT2D eigenvalue weighted by atomic mass is 32.1. The minimum atomic E-state index is -1.56. The zero-order valence-electron chi connectivity index (χ0n) is 20.7. The van der Waals surface area contributed by atoms with Crippen LogP contribution in [0.1, 0.15) is 32.3 Å². The average Bonchev–Trinajstić information content (AvgIpc) is 3.23. The molecule has 4 amide bonds.